The number of hydrogen-bond acceptors (Lipinski definition) is 2. The molecule has 1 atom stereocenters. The fourth-order valence-corrected chi connectivity index (χ4v) is 2.20. The maximum absolute atomic E-state index is 12.6. The van der Waals surface area contributed by atoms with E-state index in [0.29, 0.717) is 31.2 Å². The topological polar surface area (TPSA) is 37.9 Å². The maximum Gasteiger partial charge on any atom is 0.392 e. The summed E-state index contributed by atoms with van der Waals surface area (Å²) >= 11 is 0. The van der Waals surface area contributed by atoms with E-state index in [4.69, 9.17) is 4.74 Å². The van der Waals surface area contributed by atoms with E-state index < -0.39 is 12.1 Å². The van der Waals surface area contributed by atoms with E-state index >= 15 is 0 Å². The molecule has 0 aromatic carbocycles. The lowest BCUT2D eigenvalue weighted by atomic mass is 9.89. The molecule has 18 heavy (non-hydrogen) atoms. The van der Waals surface area contributed by atoms with Gasteiger partial charge in [-0.15, -0.1) is 0 Å². The number of aromatic nitrogens is 2. The number of nitrogens with zero attached hydrogens (tertiary/aromatic N) is 1. The Morgan fingerprint density at radius 2 is 2.22 bits per heavy atom. The molecule has 3 nitrogen and oxygen atoms in total. The minimum Gasteiger partial charge on any atom is -0.374 e. The number of fused-ring (bicyclic) bond motifs is 1. The lowest BCUT2D eigenvalue weighted by Gasteiger charge is -2.23. The highest BCUT2D eigenvalue weighted by Gasteiger charge is 2.41. The van der Waals surface area contributed by atoms with Crippen LogP contribution in [0.1, 0.15) is 37.0 Å². The zero-order valence-electron chi connectivity index (χ0n) is 10.3. The van der Waals surface area contributed by atoms with Crippen LogP contribution in [0.3, 0.4) is 0 Å². The van der Waals surface area contributed by atoms with Crippen LogP contribution in [0.2, 0.25) is 0 Å². The zero-order valence-corrected chi connectivity index (χ0v) is 10.3. The molecule has 2 rings (SSSR count). The zero-order chi connectivity index (χ0) is 13.2. The van der Waals surface area contributed by atoms with Gasteiger partial charge < -0.3 is 9.72 Å². The lowest BCUT2D eigenvalue weighted by Crippen LogP contribution is -2.28. The van der Waals surface area contributed by atoms with Gasteiger partial charge in [-0.3, -0.25) is 0 Å². The van der Waals surface area contributed by atoms with Gasteiger partial charge in [0.15, 0.2) is 0 Å². The van der Waals surface area contributed by atoms with Crippen molar-refractivity contribution in [3.63, 3.8) is 0 Å². The predicted molar refractivity (Wildman–Crippen MR) is 60.1 cm³/mol. The van der Waals surface area contributed by atoms with Gasteiger partial charge in [-0.25, -0.2) is 4.98 Å². The second-order valence-electron chi connectivity index (χ2n) is 4.64. The Morgan fingerprint density at radius 3 is 2.89 bits per heavy atom. The summed E-state index contributed by atoms with van der Waals surface area (Å²) in [5, 5.41) is 0. The monoisotopic (exact) mass is 262 g/mol. The minimum atomic E-state index is -4.11. The molecule has 1 heterocycles. The van der Waals surface area contributed by atoms with Crippen molar-refractivity contribution in [1.29, 1.82) is 0 Å². The third kappa shape index (κ3) is 3.04. The predicted octanol–water partition coefficient (Wildman–Crippen LogP) is 3.00. The summed E-state index contributed by atoms with van der Waals surface area (Å²) in [6.45, 7) is 2.98. The highest BCUT2D eigenvalue weighted by molar-refractivity contribution is 5.19. The quantitative estimate of drug-likeness (QED) is 0.847. The fraction of sp³-hybridized carbons (Fsp3) is 0.750. The van der Waals surface area contributed by atoms with Crippen LogP contribution in [0.25, 0.3) is 0 Å². The SMILES string of the molecule is CCCOCc1nc2c([nH]1)CC(C(F)(F)F)CC2. The van der Waals surface area contributed by atoms with Crippen LogP contribution in [0.4, 0.5) is 13.2 Å². The summed E-state index contributed by atoms with van der Waals surface area (Å²) in [7, 11) is 0. The van der Waals surface area contributed by atoms with E-state index in [1.54, 1.807) is 0 Å². The number of aromatic amines is 1. The Kier molecular flexibility index (Phi) is 3.94. The Morgan fingerprint density at radius 1 is 1.44 bits per heavy atom. The Hall–Kier alpha value is -1.04. The van der Waals surface area contributed by atoms with E-state index in [1.807, 2.05) is 6.92 Å². The summed E-state index contributed by atoms with van der Waals surface area (Å²) in [5.74, 6) is -0.605. The number of rotatable bonds is 4. The van der Waals surface area contributed by atoms with Crippen molar-refractivity contribution in [2.75, 3.05) is 6.61 Å². The minimum absolute atomic E-state index is 0.0135. The van der Waals surface area contributed by atoms with Gasteiger partial charge in [-0.2, -0.15) is 13.2 Å². The number of hydrogen-bond donors (Lipinski definition) is 1. The average Bonchev–Trinajstić information content (AvgIpc) is 2.69. The smallest absolute Gasteiger partial charge is 0.374 e. The Balaban J connectivity index is 2.00. The van der Waals surface area contributed by atoms with Gasteiger partial charge in [0, 0.05) is 18.7 Å². The third-order valence-electron chi connectivity index (χ3n) is 3.14. The Bertz CT molecular complexity index is 401. The van der Waals surface area contributed by atoms with Crippen molar-refractivity contribution in [3.8, 4) is 0 Å². The van der Waals surface area contributed by atoms with Crippen molar-refractivity contribution < 1.29 is 17.9 Å². The maximum atomic E-state index is 12.6. The molecule has 1 unspecified atom stereocenters. The molecule has 6 heteroatoms. The van der Waals surface area contributed by atoms with Crippen molar-refractivity contribution in [3.05, 3.63) is 17.2 Å². The molecule has 0 saturated carbocycles. The van der Waals surface area contributed by atoms with E-state index in [0.717, 1.165) is 12.1 Å². The van der Waals surface area contributed by atoms with Crippen molar-refractivity contribution in [2.24, 2.45) is 5.92 Å². The van der Waals surface area contributed by atoms with Crippen LogP contribution in [-0.4, -0.2) is 22.8 Å². The van der Waals surface area contributed by atoms with E-state index in [2.05, 4.69) is 9.97 Å². The van der Waals surface area contributed by atoms with Crippen LogP contribution in [0.15, 0.2) is 0 Å². The van der Waals surface area contributed by atoms with Gasteiger partial charge >= 0.3 is 6.18 Å². The first-order chi connectivity index (χ1) is 8.50. The van der Waals surface area contributed by atoms with Gasteiger partial charge in [-0.1, -0.05) is 6.92 Å². The third-order valence-corrected chi connectivity index (χ3v) is 3.14. The molecule has 0 radical (unpaired) electrons. The first kappa shape index (κ1) is 13.4. The standard InChI is InChI=1S/C12H17F3N2O/c1-2-5-18-7-11-16-9-4-3-8(12(13,14)15)6-10(9)17-11/h8H,2-7H2,1H3,(H,16,17). The van der Waals surface area contributed by atoms with Crippen LogP contribution >= 0.6 is 0 Å². The van der Waals surface area contributed by atoms with E-state index in [1.165, 1.54) is 0 Å². The van der Waals surface area contributed by atoms with Gasteiger partial charge in [0.2, 0.25) is 0 Å². The largest absolute Gasteiger partial charge is 0.392 e. The second-order valence-corrected chi connectivity index (χ2v) is 4.64. The summed E-state index contributed by atoms with van der Waals surface area (Å²) in [6.07, 6.45) is -2.65. The van der Waals surface area contributed by atoms with Crippen LogP contribution in [-0.2, 0) is 24.2 Å². The summed E-state index contributed by atoms with van der Waals surface area (Å²) in [6, 6.07) is 0. The molecule has 0 amide bonds. The molecule has 102 valence electrons. The van der Waals surface area contributed by atoms with Gasteiger partial charge in [-0.05, 0) is 19.3 Å². The first-order valence-corrected chi connectivity index (χ1v) is 6.21. The highest BCUT2D eigenvalue weighted by Crippen LogP contribution is 2.36. The molecule has 1 N–H and O–H groups in total. The number of alkyl halides is 3. The second kappa shape index (κ2) is 5.30. The molecular formula is C12H17F3N2O. The van der Waals surface area contributed by atoms with Crippen molar-refractivity contribution in [1.82, 2.24) is 9.97 Å². The number of H-pyrrole nitrogens is 1. The van der Waals surface area contributed by atoms with Crippen LogP contribution in [0.5, 0.6) is 0 Å². The average molecular weight is 262 g/mol. The molecular weight excluding hydrogens is 245 g/mol. The molecule has 1 aliphatic rings. The van der Waals surface area contributed by atoms with Crippen molar-refractivity contribution >= 4 is 0 Å². The summed E-state index contributed by atoms with van der Waals surface area (Å²) in [5.41, 5.74) is 1.39. The normalized spacial score (nSPS) is 19.9. The van der Waals surface area contributed by atoms with E-state index in [9.17, 15) is 13.2 Å². The molecule has 1 aromatic rings. The van der Waals surface area contributed by atoms with E-state index in [-0.39, 0.29) is 12.8 Å². The summed E-state index contributed by atoms with van der Waals surface area (Å²) in [4.78, 5) is 7.25. The van der Waals surface area contributed by atoms with Crippen LogP contribution < -0.4 is 0 Å². The highest BCUT2D eigenvalue weighted by atomic mass is 19.4. The summed E-state index contributed by atoms with van der Waals surface area (Å²) < 4.78 is 43.2. The number of imidazole rings is 1. The molecule has 0 spiro atoms. The number of ether oxygens (including phenoxy) is 1. The van der Waals surface area contributed by atoms with Gasteiger partial charge in [0.05, 0.1) is 11.6 Å². The number of halogens is 3. The van der Waals surface area contributed by atoms with Gasteiger partial charge in [0.25, 0.3) is 0 Å². The molecule has 1 aliphatic carbocycles. The van der Waals surface area contributed by atoms with Crippen LogP contribution in [0, 0.1) is 5.92 Å². The molecule has 0 bridgehead atoms. The molecule has 1 aromatic heterocycles. The fourth-order valence-electron chi connectivity index (χ4n) is 2.20. The number of nitrogens with one attached hydrogen (secondary N) is 1. The molecule has 0 aliphatic heterocycles. The van der Waals surface area contributed by atoms with Gasteiger partial charge in [0.1, 0.15) is 12.4 Å². The number of aryl methyl sites for hydroxylation is 1. The molecule has 0 fully saturated rings. The van der Waals surface area contributed by atoms with Crippen molar-refractivity contribution in [2.45, 2.75) is 45.4 Å². The Labute approximate surface area is 104 Å². The molecule has 0 saturated heterocycles. The lowest BCUT2D eigenvalue weighted by molar-refractivity contribution is -0.177. The first-order valence-electron chi connectivity index (χ1n) is 6.21.